The molecule has 0 aromatic heterocycles. The molecule has 0 saturated carbocycles. The fraction of sp³-hybridized carbons (Fsp3) is 0.0357. The second kappa shape index (κ2) is 10.8. The van der Waals surface area contributed by atoms with Gasteiger partial charge in [0, 0.05) is 5.02 Å². The summed E-state index contributed by atoms with van der Waals surface area (Å²) in [7, 11) is 0. The number of aliphatic hydroxyl groups is 1. The summed E-state index contributed by atoms with van der Waals surface area (Å²) in [6.07, 6.45) is 1.43. The minimum atomic E-state index is -1.92. The highest BCUT2D eigenvalue weighted by atomic mass is 35.5. The summed E-state index contributed by atoms with van der Waals surface area (Å²) in [4.78, 5) is 25.3. The molecule has 0 fully saturated rings. The number of nitrogens with zero attached hydrogens (tertiary/aromatic N) is 1. The van der Waals surface area contributed by atoms with E-state index in [1.54, 1.807) is 109 Å². The number of amides is 1. The van der Waals surface area contributed by atoms with Crippen LogP contribution < -0.4 is 10.2 Å². The Kier molecular flexibility index (Phi) is 7.35. The monoisotopic (exact) mass is 484 g/mol. The second-order valence-corrected chi connectivity index (χ2v) is 8.04. The van der Waals surface area contributed by atoms with Gasteiger partial charge >= 0.3 is 5.97 Å². The number of esters is 1. The van der Waals surface area contributed by atoms with Crippen molar-refractivity contribution in [3.05, 3.63) is 136 Å². The Balaban J connectivity index is 1.43. The molecule has 0 aliphatic carbocycles. The number of hydrogen-bond acceptors (Lipinski definition) is 5. The largest absolute Gasteiger partial charge is 0.423 e. The first kappa shape index (κ1) is 23.9. The van der Waals surface area contributed by atoms with Gasteiger partial charge in [0.25, 0.3) is 5.91 Å². The van der Waals surface area contributed by atoms with Gasteiger partial charge in [0.05, 0.1) is 11.8 Å². The summed E-state index contributed by atoms with van der Waals surface area (Å²) in [6.45, 7) is 0. The quantitative estimate of drug-likeness (QED) is 0.168. The summed E-state index contributed by atoms with van der Waals surface area (Å²) < 4.78 is 5.35. The summed E-state index contributed by atoms with van der Waals surface area (Å²) >= 11 is 5.84. The van der Waals surface area contributed by atoms with Gasteiger partial charge in [0.1, 0.15) is 5.75 Å². The van der Waals surface area contributed by atoms with E-state index in [4.69, 9.17) is 16.3 Å². The van der Waals surface area contributed by atoms with Gasteiger partial charge < -0.3 is 9.84 Å². The van der Waals surface area contributed by atoms with Gasteiger partial charge in [-0.1, -0.05) is 72.3 Å². The molecule has 4 aromatic rings. The second-order valence-electron chi connectivity index (χ2n) is 7.61. The molecule has 4 rings (SSSR count). The summed E-state index contributed by atoms with van der Waals surface area (Å²) in [5.74, 6) is -0.843. The Hall–Kier alpha value is -4.26. The Morgan fingerprint density at radius 1 is 0.800 bits per heavy atom. The van der Waals surface area contributed by atoms with Crippen LogP contribution in [0.2, 0.25) is 5.02 Å². The maximum atomic E-state index is 13.0. The van der Waals surface area contributed by atoms with Crippen molar-refractivity contribution in [2.45, 2.75) is 5.60 Å². The molecular formula is C28H21ClN2O4. The molecule has 0 aliphatic heterocycles. The zero-order valence-electron chi connectivity index (χ0n) is 18.5. The summed E-state index contributed by atoms with van der Waals surface area (Å²) in [5, 5.41) is 15.9. The lowest BCUT2D eigenvalue weighted by atomic mass is 9.85. The third-order valence-corrected chi connectivity index (χ3v) is 5.51. The van der Waals surface area contributed by atoms with Gasteiger partial charge in [-0.15, -0.1) is 0 Å². The van der Waals surface area contributed by atoms with E-state index >= 15 is 0 Å². The molecule has 0 bridgehead atoms. The smallest absolute Gasteiger partial charge is 0.343 e. The van der Waals surface area contributed by atoms with Crippen LogP contribution in [0.1, 0.15) is 27.0 Å². The van der Waals surface area contributed by atoms with Crippen LogP contribution in [0.25, 0.3) is 0 Å². The lowest BCUT2D eigenvalue weighted by Crippen LogP contribution is -2.43. The summed E-state index contributed by atoms with van der Waals surface area (Å²) in [5.41, 5.74) is 2.39. The van der Waals surface area contributed by atoms with Gasteiger partial charge in [-0.25, -0.2) is 10.2 Å². The highest BCUT2D eigenvalue weighted by Crippen LogP contribution is 2.29. The predicted molar refractivity (Wildman–Crippen MR) is 134 cm³/mol. The molecule has 0 unspecified atom stereocenters. The SMILES string of the molecule is O=C(Oc1ccc(C=NNC(=O)C(O)(c2ccccc2)c2ccccc2)cc1)c1ccc(Cl)cc1. The lowest BCUT2D eigenvalue weighted by Gasteiger charge is -2.27. The third-order valence-electron chi connectivity index (χ3n) is 5.26. The molecule has 0 heterocycles. The predicted octanol–water partition coefficient (Wildman–Crippen LogP) is 4.95. The van der Waals surface area contributed by atoms with E-state index in [2.05, 4.69) is 10.5 Å². The van der Waals surface area contributed by atoms with E-state index in [1.165, 1.54) is 6.21 Å². The molecule has 0 radical (unpaired) electrons. The molecule has 174 valence electrons. The normalized spacial score (nSPS) is 11.3. The Labute approximate surface area is 207 Å². The topological polar surface area (TPSA) is 88.0 Å². The van der Waals surface area contributed by atoms with Crippen molar-refractivity contribution >= 4 is 29.7 Å². The van der Waals surface area contributed by atoms with Crippen molar-refractivity contribution in [1.29, 1.82) is 0 Å². The first-order valence-electron chi connectivity index (χ1n) is 10.7. The Bertz CT molecular complexity index is 1280. The number of ether oxygens (including phenoxy) is 1. The highest BCUT2D eigenvalue weighted by molar-refractivity contribution is 6.30. The Morgan fingerprint density at radius 2 is 1.34 bits per heavy atom. The van der Waals surface area contributed by atoms with Crippen molar-refractivity contribution < 1.29 is 19.4 Å². The van der Waals surface area contributed by atoms with Gasteiger partial charge in [-0.3, -0.25) is 4.79 Å². The fourth-order valence-corrected chi connectivity index (χ4v) is 3.53. The molecule has 35 heavy (non-hydrogen) atoms. The van der Waals surface area contributed by atoms with Crippen molar-refractivity contribution in [1.82, 2.24) is 5.43 Å². The zero-order valence-corrected chi connectivity index (χ0v) is 19.2. The van der Waals surface area contributed by atoms with Crippen molar-refractivity contribution in [2.75, 3.05) is 0 Å². The van der Waals surface area contributed by atoms with Gasteiger partial charge in [-0.05, 0) is 65.2 Å². The average molecular weight is 485 g/mol. The number of rotatable bonds is 7. The lowest BCUT2D eigenvalue weighted by molar-refractivity contribution is -0.136. The fourth-order valence-electron chi connectivity index (χ4n) is 3.41. The number of nitrogens with one attached hydrogen (secondary N) is 1. The maximum Gasteiger partial charge on any atom is 0.343 e. The minimum absolute atomic E-state index is 0.355. The van der Waals surface area contributed by atoms with Crippen LogP contribution in [0.4, 0.5) is 0 Å². The van der Waals surface area contributed by atoms with Gasteiger partial charge in [-0.2, -0.15) is 5.10 Å². The summed E-state index contributed by atoms with van der Waals surface area (Å²) in [6, 6.07) is 30.3. The highest BCUT2D eigenvalue weighted by Gasteiger charge is 2.39. The number of hydrazone groups is 1. The van der Waals surface area contributed by atoms with Crippen LogP contribution in [-0.4, -0.2) is 23.2 Å². The third kappa shape index (κ3) is 5.63. The van der Waals surface area contributed by atoms with Crippen LogP contribution in [0.5, 0.6) is 5.75 Å². The zero-order chi connectivity index (χ0) is 24.7. The van der Waals surface area contributed by atoms with Gasteiger partial charge in [0.2, 0.25) is 0 Å². The van der Waals surface area contributed by atoms with Crippen molar-refractivity contribution in [2.24, 2.45) is 5.10 Å². The molecule has 1 amide bonds. The standard InChI is InChI=1S/C28H21ClN2O4/c29-24-15-13-21(14-16-24)26(32)35-25-17-11-20(12-18-25)19-30-31-27(33)28(34,22-7-3-1-4-8-22)23-9-5-2-6-10-23/h1-19,34H,(H,31,33). The molecule has 0 saturated heterocycles. The number of carbonyl (C=O) groups is 2. The van der Waals surface area contributed by atoms with E-state index in [0.29, 0.717) is 33.0 Å². The molecule has 4 aromatic carbocycles. The van der Waals surface area contributed by atoms with E-state index < -0.39 is 17.5 Å². The van der Waals surface area contributed by atoms with Crippen LogP contribution in [-0.2, 0) is 10.4 Å². The van der Waals surface area contributed by atoms with E-state index in [1.807, 2.05) is 0 Å². The number of carbonyl (C=O) groups excluding carboxylic acids is 2. The minimum Gasteiger partial charge on any atom is -0.423 e. The first-order chi connectivity index (χ1) is 17.0. The molecule has 0 atom stereocenters. The molecular weight excluding hydrogens is 464 g/mol. The van der Waals surface area contributed by atoms with E-state index in [9.17, 15) is 14.7 Å². The molecule has 0 aliphatic rings. The van der Waals surface area contributed by atoms with E-state index in [-0.39, 0.29) is 0 Å². The number of benzene rings is 4. The van der Waals surface area contributed by atoms with Crippen LogP contribution >= 0.6 is 11.6 Å². The van der Waals surface area contributed by atoms with E-state index in [0.717, 1.165) is 0 Å². The first-order valence-corrected chi connectivity index (χ1v) is 11.1. The van der Waals surface area contributed by atoms with Crippen LogP contribution in [0, 0.1) is 0 Å². The molecule has 2 N–H and O–H groups in total. The van der Waals surface area contributed by atoms with Crippen LogP contribution in [0.3, 0.4) is 0 Å². The van der Waals surface area contributed by atoms with Crippen molar-refractivity contribution in [3.8, 4) is 5.75 Å². The van der Waals surface area contributed by atoms with Crippen LogP contribution in [0.15, 0.2) is 114 Å². The number of hydrogen-bond donors (Lipinski definition) is 2. The molecule has 0 spiro atoms. The maximum absolute atomic E-state index is 13.0. The Morgan fingerprint density at radius 3 is 1.89 bits per heavy atom. The van der Waals surface area contributed by atoms with Crippen molar-refractivity contribution in [3.63, 3.8) is 0 Å². The molecule has 6 nitrogen and oxygen atoms in total. The molecule has 7 heteroatoms. The number of halogens is 1. The van der Waals surface area contributed by atoms with Gasteiger partial charge in [0.15, 0.2) is 5.60 Å². The average Bonchev–Trinajstić information content (AvgIpc) is 2.90.